The normalized spacial score (nSPS) is 10.4. The number of carbonyl (C=O) groups is 2. The Morgan fingerprint density at radius 2 is 1.86 bits per heavy atom. The Hall–Kier alpha value is -2.08. The van der Waals surface area contributed by atoms with Crippen molar-refractivity contribution < 1.29 is 19.4 Å². The summed E-state index contributed by atoms with van der Waals surface area (Å²) >= 11 is 0. The molecule has 3 N–H and O–H groups in total. The van der Waals surface area contributed by atoms with Crippen LogP contribution in [0.25, 0.3) is 0 Å². The van der Waals surface area contributed by atoms with E-state index in [0.717, 1.165) is 12.0 Å². The summed E-state index contributed by atoms with van der Waals surface area (Å²) in [5.74, 6) is -0.962. The zero-order chi connectivity index (χ0) is 15.7. The van der Waals surface area contributed by atoms with Crippen LogP contribution in [-0.2, 0) is 11.3 Å². The molecular weight excluding hydrogens is 272 g/mol. The quantitative estimate of drug-likeness (QED) is 0.640. The van der Waals surface area contributed by atoms with Crippen LogP contribution in [0.4, 0.5) is 4.79 Å². The van der Waals surface area contributed by atoms with E-state index in [1.54, 1.807) is 12.1 Å². The van der Waals surface area contributed by atoms with Crippen LogP contribution in [0.1, 0.15) is 36.2 Å². The first kappa shape index (κ1) is 17.0. The van der Waals surface area contributed by atoms with E-state index in [1.165, 1.54) is 12.1 Å². The molecule has 0 aliphatic heterocycles. The number of aromatic carboxylic acids is 1. The van der Waals surface area contributed by atoms with Crippen LogP contribution in [0.3, 0.4) is 0 Å². The maximum atomic E-state index is 11.5. The molecule has 1 aromatic rings. The molecule has 1 aromatic carbocycles. The van der Waals surface area contributed by atoms with Gasteiger partial charge in [0, 0.05) is 19.7 Å². The van der Waals surface area contributed by atoms with Crippen molar-refractivity contribution in [3.63, 3.8) is 0 Å². The van der Waals surface area contributed by atoms with Crippen molar-refractivity contribution in [1.29, 1.82) is 0 Å². The van der Waals surface area contributed by atoms with Gasteiger partial charge in [0.25, 0.3) is 0 Å². The summed E-state index contributed by atoms with van der Waals surface area (Å²) in [6.07, 6.45) is 0.964. The SMILES string of the molecule is CC(C)OCCCNC(=O)NCc1ccc(C(=O)O)cc1. The summed E-state index contributed by atoms with van der Waals surface area (Å²) in [4.78, 5) is 22.2. The fourth-order valence-electron chi connectivity index (χ4n) is 1.60. The number of hydrogen-bond donors (Lipinski definition) is 3. The number of ether oxygens (including phenoxy) is 1. The molecule has 0 bridgehead atoms. The van der Waals surface area contributed by atoms with E-state index >= 15 is 0 Å². The second-order valence-electron chi connectivity index (χ2n) is 4.88. The molecule has 0 fully saturated rings. The Kier molecular flexibility index (Phi) is 7.25. The first-order valence-corrected chi connectivity index (χ1v) is 6.94. The van der Waals surface area contributed by atoms with Crippen molar-refractivity contribution >= 4 is 12.0 Å². The predicted molar refractivity (Wildman–Crippen MR) is 79.3 cm³/mol. The average Bonchev–Trinajstić information content (AvgIpc) is 2.44. The van der Waals surface area contributed by atoms with E-state index < -0.39 is 5.97 Å². The van der Waals surface area contributed by atoms with Gasteiger partial charge in [-0.15, -0.1) is 0 Å². The molecule has 116 valence electrons. The maximum Gasteiger partial charge on any atom is 0.335 e. The summed E-state index contributed by atoms with van der Waals surface area (Å²) in [6, 6.07) is 6.14. The second-order valence-corrected chi connectivity index (χ2v) is 4.88. The highest BCUT2D eigenvalue weighted by molar-refractivity contribution is 5.87. The van der Waals surface area contributed by atoms with Crippen molar-refractivity contribution in [3.05, 3.63) is 35.4 Å². The average molecular weight is 294 g/mol. The van der Waals surface area contributed by atoms with E-state index in [-0.39, 0.29) is 17.7 Å². The van der Waals surface area contributed by atoms with Crippen molar-refractivity contribution in [3.8, 4) is 0 Å². The fraction of sp³-hybridized carbons (Fsp3) is 0.467. The van der Waals surface area contributed by atoms with Crippen LogP contribution >= 0.6 is 0 Å². The number of nitrogens with one attached hydrogen (secondary N) is 2. The van der Waals surface area contributed by atoms with Gasteiger partial charge in [0.2, 0.25) is 0 Å². The van der Waals surface area contributed by atoms with E-state index in [1.807, 2.05) is 13.8 Å². The van der Waals surface area contributed by atoms with Gasteiger partial charge in [-0.25, -0.2) is 9.59 Å². The smallest absolute Gasteiger partial charge is 0.335 e. The third-order valence-electron chi connectivity index (χ3n) is 2.71. The number of rotatable bonds is 8. The van der Waals surface area contributed by atoms with Crippen molar-refractivity contribution in [1.82, 2.24) is 10.6 Å². The van der Waals surface area contributed by atoms with Crippen molar-refractivity contribution in [2.24, 2.45) is 0 Å². The fourth-order valence-corrected chi connectivity index (χ4v) is 1.60. The minimum Gasteiger partial charge on any atom is -0.478 e. The summed E-state index contributed by atoms with van der Waals surface area (Å²) in [7, 11) is 0. The van der Waals surface area contributed by atoms with E-state index in [0.29, 0.717) is 19.7 Å². The second kappa shape index (κ2) is 8.97. The molecule has 0 aromatic heterocycles. The van der Waals surface area contributed by atoms with E-state index in [4.69, 9.17) is 9.84 Å². The largest absolute Gasteiger partial charge is 0.478 e. The molecule has 0 saturated heterocycles. The molecular formula is C15H22N2O4. The monoisotopic (exact) mass is 294 g/mol. The van der Waals surface area contributed by atoms with Gasteiger partial charge in [0.15, 0.2) is 0 Å². The molecule has 6 heteroatoms. The first-order valence-electron chi connectivity index (χ1n) is 6.94. The lowest BCUT2D eigenvalue weighted by atomic mass is 10.1. The molecule has 0 aliphatic rings. The molecule has 0 aliphatic carbocycles. The van der Waals surface area contributed by atoms with Gasteiger partial charge in [-0.05, 0) is 38.0 Å². The molecule has 1 rings (SSSR count). The Bertz CT molecular complexity index is 457. The van der Waals surface area contributed by atoms with Crippen LogP contribution in [0.2, 0.25) is 0 Å². The topological polar surface area (TPSA) is 87.7 Å². The lowest BCUT2D eigenvalue weighted by Crippen LogP contribution is -2.35. The van der Waals surface area contributed by atoms with Crippen molar-refractivity contribution in [2.45, 2.75) is 32.9 Å². The summed E-state index contributed by atoms with van der Waals surface area (Å²) < 4.78 is 5.36. The van der Waals surface area contributed by atoms with Gasteiger partial charge in [0.1, 0.15) is 0 Å². The molecule has 6 nitrogen and oxygen atoms in total. The van der Waals surface area contributed by atoms with Crippen molar-refractivity contribution in [2.75, 3.05) is 13.2 Å². The third kappa shape index (κ3) is 7.31. The van der Waals surface area contributed by atoms with Crippen LogP contribution in [0.15, 0.2) is 24.3 Å². The molecule has 0 spiro atoms. The third-order valence-corrected chi connectivity index (χ3v) is 2.71. The highest BCUT2D eigenvalue weighted by atomic mass is 16.5. The minimum absolute atomic E-state index is 0.201. The van der Waals surface area contributed by atoms with Gasteiger partial charge in [-0.2, -0.15) is 0 Å². The summed E-state index contributed by atoms with van der Waals surface area (Å²) in [6.45, 7) is 5.46. The van der Waals surface area contributed by atoms with Crippen LogP contribution < -0.4 is 10.6 Å². The number of urea groups is 1. The highest BCUT2D eigenvalue weighted by Gasteiger charge is 2.03. The number of benzene rings is 1. The van der Waals surface area contributed by atoms with Gasteiger partial charge in [-0.1, -0.05) is 12.1 Å². The van der Waals surface area contributed by atoms with Crippen LogP contribution in [-0.4, -0.2) is 36.4 Å². The van der Waals surface area contributed by atoms with Crippen LogP contribution in [0.5, 0.6) is 0 Å². The Morgan fingerprint density at radius 1 is 1.19 bits per heavy atom. The van der Waals surface area contributed by atoms with Gasteiger partial charge >= 0.3 is 12.0 Å². The Labute approximate surface area is 124 Å². The lowest BCUT2D eigenvalue weighted by molar-refractivity contribution is 0.0696. The Morgan fingerprint density at radius 3 is 2.43 bits per heavy atom. The number of hydrogen-bond acceptors (Lipinski definition) is 3. The molecule has 0 unspecified atom stereocenters. The molecule has 0 heterocycles. The zero-order valence-electron chi connectivity index (χ0n) is 12.4. The summed E-state index contributed by atoms with van der Waals surface area (Å²) in [5, 5.41) is 14.2. The standard InChI is InChI=1S/C15H22N2O4/c1-11(2)21-9-3-8-16-15(20)17-10-12-4-6-13(7-5-12)14(18)19/h4-7,11H,3,8-10H2,1-2H3,(H,18,19)(H2,16,17,20). The zero-order valence-corrected chi connectivity index (χ0v) is 12.4. The first-order chi connectivity index (χ1) is 9.99. The summed E-state index contributed by atoms with van der Waals surface area (Å²) in [5.41, 5.74) is 1.08. The van der Waals surface area contributed by atoms with Gasteiger partial charge in [0.05, 0.1) is 11.7 Å². The predicted octanol–water partition coefficient (Wildman–Crippen LogP) is 2.00. The molecule has 21 heavy (non-hydrogen) atoms. The lowest BCUT2D eigenvalue weighted by Gasteiger charge is -2.09. The minimum atomic E-state index is -0.962. The van der Waals surface area contributed by atoms with Gasteiger partial charge < -0.3 is 20.5 Å². The maximum absolute atomic E-state index is 11.5. The number of amides is 2. The Balaban J connectivity index is 2.19. The number of carboxylic acids is 1. The van der Waals surface area contributed by atoms with E-state index in [9.17, 15) is 9.59 Å². The molecule has 0 saturated carbocycles. The van der Waals surface area contributed by atoms with Crippen LogP contribution in [0, 0.1) is 0 Å². The number of carboxylic acid groups (broad SMARTS) is 1. The molecule has 0 radical (unpaired) electrons. The number of carbonyl (C=O) groups excluding carboxylic acids is 1. The molecule has 2 amide bonds. The van der Waals surface area contributed by atoms with Gasteiger partial charge in [-0.3, -0.25) is 0 Å². The highest BCUT2D eigenvalue weighted by Crippen LogP contribution is 2.04. The molecule has 0 atom stereocenters. The van der Waals surface area contributed by atoms with E-state index in [2.05, 4.69) is 10.6 Å².